The van der Waals surface area contributed by atoms with Gasteiger partial charge in [-0.05, 0) is 81.0 Å². The number of hydrogen-bond donors (Lipinski definition) is 2. The number of benzene rings is 2. The first kappa shape index (κ1) is 25.7. The molecule has 1 aliphatic carbocycles. The van der Waals surface area contributed by atoms with E-state index in [2.05, 4.69) is 10.6 Å². The molecule has 2 aromatic rings. The molecule has 0 radical (unpaired) electrons. The lowest BCUT2D eigenvalue weighted by Gasteiger charge is -2.39. The van der Waals surface area contributed by atoms with Gasteiger partial charge in [0.05, 0.1) is 12.1 Å². The van der Waals surface area contributed by atoms with Gasteiger partial charge in [-0.1, -0.05) is 37.5 Å². The number of hydrogen-bond acceptors (Lipinski definition) is 4. The molecule has 2 aromatic carbocycles. The second-order valence-corrected chi connectivity index (χ2v) is 10.3. The predicted octanol–water partition coefficient (Wildman–Crippen LogP) is 6.19. The van der Waals surface area contributed by atoms with Crippen LogP contribution in [0.1, 0.15) is 77.8 Å². The minimum absolute atomic E-state index is 0.0351. The molecule has 0 spiro atoms. The normalized spacial score (nSPS) is 20.0. The molecule has 0 unspecified atom stereocenters. The molecule has 1 saturated carbocycles. The van der Waals surface area contributed by atoms with Crippen LogP contribution in [0.2, 0.25) is 0 Å². The Morgan fingerprint density at radius 3 is 2.42 bits per heavy atom. The molecule has 4 rings (SSSR count). The summed E-state index contributed by atoms with van der Waals surface area (Å²) >= 11 is 0. The third-order valence-electron chi connectivity index (χ3n) is 7.09. The summed E-state index contributed by atoms with van der Waals surface area (Å²) < 4.78 is 5.32. The largest absolute Gasteiger partial charge is 0.447 e. The summed E-state index contributed by atoms with van der Waals surface area (Å²) in [6.07, 6.45) is 5.23. The van der Waals surface area contributed by atoms with Crippen LogP contribution in [-0.4, -0.2) is 30.1 Å². The van der Waals surface area contributed by atoms with Crippen molar-refractivity contribution >= 4 is 29.3 Å². The minimum Gasteiger partial charge on any atom is -0.447 e. The monoisotopic (exact) mass is 491 g/mol. The van der Waals surface area contributed by atoms with E-state index >= 15 is 0 Å². The van der Waals surface area contributed by atoms with Crippen molar-refractivity contribution in [2.24, 2.45) is 5.92 Å². The number of anilines is 2. The van der Waals surface area contributed by atoms with Gasteiger partial charge in [-0.2, -0.15) is 0 Å². The average molecular weight is 492 g/mol. The third kappa shape index (κ3) is 5.89. The number of amides is 3. The maximum atomic E-state index is 12.8. The van der Waals surface area contributed by atoms with Crippen molar-refractivity contribution in [2.75, 3.05) is 10.2 Å². The highest BCUT2D eigenvalue weighted by Crippen LogP contribution is 2.40. The number of ether oxygens (including phenoxy) is 1. The second kappa shape index (κ2) is 11.1. The highest BCUT2D eigenvalue weighted by atomic mass is 16.6. The van der Waals surface area contributed by atoms with E-state index in [1.165, 1.54) is 6.42 Å². The molecule has 0 aromatic heterocycles. The Kier molecular flexibility index (Phi) is 7.97. The molecule has 36 heavy (non-hydrogen) atoms. The molecule has 1 fully saturated rings. The van der Waals surface area contributed by atoms with Crippen LogP contribution >= 0.6 is 0 Å². The van der Waals surface area contributed by atoms with Crippen LogP contribution in [0.15, 0.2) is 42.5 Å². The maximum absolute atomic E-state index is 12.8. The SMILES string of the molecule is CC(=O)N1c2ccc(-c3cccc(NC(=O)C4CCCCC4)c3)cc2[C@H](NC(=O)OC(C)C)C[C@@H]1C. The summed E-state index contributed by atoms with van der Waals surface area (Å²) in [6.45, 7) is 7.17. The van der Waals surface area contributed by atoms with Crippen molar-refractivity contribution in [3.8, 4) is 11.1 Å². The van der Waals surface area contributed by atoms with Gasteiger partial charge in [0.2, 0.25) is 11.8 Å². The van der Waals surface area contributed by atoms with Crippen molar-refractivity contribution in [1.82, 2.24) is 5.32 Å². The van der Waals surface area contributed by atoms with Crippen molar-refractivity contribution < 1.29 is 19.1 Å². The van der Waals surface area contributed by atoms with E-state index in [9.17, 15) is 14.4 Å². The lowest BCUT2D eigenvalue weighted by atomic mass is 9.88. The number of nitrogens with one attached hydrogen (secondary N) is 2. The fourth-order valence-corrected chi connectivity index (χ4v) is 5.44. The molecule has 2 atom stereocenters. The summed E-state index contributed by atoms with van der Waals surface area (Å²) in [5, 5.41) is 6.09. The standard InChI is InChI=1S/C29H37N3O4/c1-18(2)36-29(35)31-26-15-19(3)32(20(4)33)27-14-13-23(17-25(26)27)22-11-8-12-24(16-22)30-28(34)21-9-6-5-7-10-21/h8,11-14,16-19,21,26H,5-7,9-10,15H2,1-4H3,(H,30,34)(H,31,35)/t19-,26+/m0/s1. The molecule has 7 nitrogen and oxygen atoms in total. The van der Waals surface area contributed by atoms with Gasteiger partial charge in [0, 0.05) is 30.3 Å². The molecular weight excluding hydrogens is 454 g/mol. The number of nitrogens with zero attached hydrogens (tertiary/aromatic N) is 1. The lowest BCUT2D eigenvalue weighted by Crippen LogP contribution is -2.45. The zero-order valence-electron chi connectivity index (χ0n) is 21.7. The van der Waals surface area contributed by atoms with Crippen LogP contribution in [0.5, 0.6) is 0 Å². The van der Waals surface area contributed by atoms with Crippen molar-refractivity contribution in [3.05, 3.63) is 48.0 Å². The Hall–Kier alpha value is -3.35. The van der Waals surface area contributed by atoms with E-state index in [-0.39, 0.29) is 35.9 Å². The number of fused-ring (bicyclic) bond motifs is 1. The molecule has 2 N–H and O–H groups in total. The Balaban J connectivity index is 1.62. The minimum atomic E-state index is -0.470. The first-order valence-corrected chi connectivity index (χ1v) is 13.0. The van der Waals surface area contributed by atoms with Gasteiger partial charge < -0.3 is 20.3 Å². The van der Waals surface area contributed by atoms with E-state index in [4.69, 9.17) is 4.74 Å². The number of carbonyl (C=O) groups excluding carboxylic acids is 3. The first-order chi connectivity index (χ1) is 17.2. The van der Waals surface area contributed by atoms with Crippen LogP contribution in [0.4, 0.5) is 16.2 Å². The Morgan fingerprint density at radius 1 is 1.00 bits per heavy atom. The van der Waals surface area contributed by atoms with E-state index in [1.807, 2.05) is 63.2 Å². The van der Waals surface area contributed by atoms with Crippen molar-refractivity contribution in [2.45, 2.75) is 84.4 Å². The Bertz CT molecular complexity index is 1120. The summed E-state index contributed by atoms with van der Waals surface area (Å²) in [5.74, 6) is 0.145. The quantitative estimate of drug-likeness (QED) is 0.522. The van der Waals surface area contributed by atoms with Crippen LogP contribution < -0.4 is 15.5 Å². The number of rotatable bonds is 5. The van der Waals surface area contributed by atoms with Gasteiger partial charge in [-0.25, -0.2) is 4.79 Å². The van der Waals surface area contributed by atoms with Gasteiger partial charge in [-0.3, -0.25) is 9.59 Å². The highest BCUT2D eigenvalue weighted by molar-refractivity contribution is 5.95. The van der Waals surface area contributed by atoms with Crippen LogP contribution in [0.25, 0.3) is 11.1 Å². The Morgan fingerprint density at radius 2 is 1.72 bits per heavy atom. The van der Waals surface area contributed by atoms with E-state index in [1.54, 1.807) is 11.8 Å². The van der Waals surface area contributed by atoms with E-state index in [0.29, 0.717) is 6.42 Å². The molecular formula is C29H37N3O4. The number of carbonyl (C=O) groups is 3. The predicted molar refractivity (Wildman–Crippen MR) is 142 cm³/mol. The van der Waals surface area contributed by atoms with Crippen molar-refractivity contribution in [1.29, 1.82) is 0 Å². The molecule has 1 heterocycles. The molecule has 192 valence electrons. The Labute approximate surface area is 213 Å². The maximum Gasteiger partial charge on any atom is 0.407 e. The summed E-state index contributed by atoms with van der Waals surface area (Å²) in [5.41, 5.74) is 4.34. The molecule has 0 saturated heterocycles. The third-order valence-corrected chi connectivity index (χ3v) is 7.09. The second-order valence-electron chi connectivity index (χ2n) is 10.3. The fourth-order valence-electron chi connectivity index (χ4n) is 5.44. The summed E-state index contributed by atoms with van der Waals surface area (Å²) in [4.78, 5) is 39.4. The smallest absolute Gasteiger partial charge is 0.407 e. The fraction of sp³-hybridized carbons (Fsp3) is 0.483. The highest BCUT2D eigenvalue weighted by Gasteiger charge is 2.34. The zero-order valence-corrected chi connectivity index (χ0v) is 21.7. The van der Waals surface area contributed by atoms with E-state index in [0.717, 1.165) is 53.7 Å². The van der Waals surface area contributed by atoms with Gasteiger partial charge in [0.15, 0.2) is 0 Å². The van der Waals surface area contributed by atoms with Gasteiger partial charge in [-0.15, -0.1) is 0 Å². The molecule has 2 aliphatic rings. The van der Waals surface area contributed by atoms with Gasteiger partial charge in [0.1, 0.15) is 0 Å². The van der Waals surface area contributed by atoms with Crippen LogP contribution in [-0.2, 0) is 14.3 Å². The molecule has 1 aliphatic heterocycles. The summed E-state index contributed by atoms with van der Waals surface area (Å²) in [6, 6.07) is 13.4. The molecule has 0 bridgehead atoms. The van der Waals surface area contributed by atoms with Crippen LogP contribution in [0, 0.1) is 5.92 Å². The topological polar surface area (TPSA) is 87.7 Å². The zero-order chi connectivity index (χ0) is 25.8. The van der Waals surface area contributed by atoms with E-state index < -0.39 is 6.09 Å². The lowest BCUT2D eigenvalue weighted by molar-refractivity contribution is -0.120. The first-order valence-electron chi connectivity index (χ1n) is 13.0. The average Bonchev–Trinajstić information content (AvgIpc) is 2.83. The van der Waals surface area contributed by atoms with Crippen molar-refractivity contribution in [3.63, 3.8) is 0 Å². The van der Waals surface area contributed by atoms with Crippen LogP contribution in [0.3, 0.4) is 0 Å². The summed E-state index contributed by atoms with van der Waals surface area (Å²) in [7, 11) is 0. The van der Waals surface area contributed by atoms with Gasteiger partial charge >= 0.3 is 6.09 Å². The number of alkyl carbamates (subject to hydrolysis) is 1. The molecule has 7 heteroatoms. The van der Waals surface area contributed by atoms with Gasteiger partial charge in [0.25, 0.3) is 0 Å². The molecule has 3 amide bonds.